The molecule has 0 aliphatic heterocycles. The molecule has 0 radical (unpaired) electrons. The Morgan fingerprint density at radius 3 is 2.64 bits per heavy atom. The number of rotatable bonds is 4. The number of hydrogen-bond acceptors (Lipinski definition) is 5. The minimum absolute atomic E-state index is 0.242. The molecule has 0 unspecified atom stereocenters. The number of nitrogens with two attached hydrogens (primary N) is 1. The van der Waals surface area contributed by atoms with Crippen LogP contribution in [0.25, 0.3) is 0 Å². The van der Waals surface area contributed by atoms with Crippen LogP contribution in [0.3, 0.4) is 0 Å². The molecular formula is C9H17N3O2. The maximum atomic E-state index is 5.61. The third kappa shape index (κ3) is 2.30. The van der Waals surface area contributed by atoms with Crippen molar-refractivity contribution in [3.63, 3.8) is 0 Å². The van der Waals surface area contributed by atoms with Crippen molar-refractivity contribution in [2.45, 2.75) is 39.3 Å². The lowest BCUT2D eigenvalue weighted by molar-refractivity contribution is -0.0221. The van der Waals surface area contributed by atoms with E-state index >= 15 is 0 Å². The van der Waals surface area contributed by atoms with Crippen LogP contribution < -0.4 is 5.73 Å². The fraction of sp³-hybridized carbons (Fsp3) is 0.778. The molecule has 0 amide bonds. The molecule has 0 fully saturated rings. The standard InChI is InChI=1S/C9H17N3O2/c1-5-13-9(3,4)8-11-7(6(2)10)14-12-8/h6H,5,10H2,1-4H3/t6-/m0/s1. The molecule has 0 aliphatic rings. The highest BCUT2D eigenvalue weighted by Gasteiger charge is 2.27. The minimum atomic E-state index is -0.522. The molecule has 5 nitrogen and oxygen atoms in total. The van der Waals surface area contributed by atoms with Crippen LogP contribution in [0.4, 0.5) is 0 Å². The van der Waals surface area contributed by atoms with E-state index in [1.54, 1.807) is 6.92 Å². The number of nitrogens with zero attached hydrogens (tertiary/aromatic N) is 2. The average molecular weight is 199 g/mol. The third-order valence-electron chi connectivity index (χ3n) is 1.87. The van der Waals surface area contributed by atoms with Gasteiger partial charge in [-0.2, -0.15) is 4.98 Å². The van der Waals surface area contributed by atoms with Crippen LogP contribution in [-0.2, 0) is 10.3 Å². The van der Waals surface area contributed by atoms with Crippen LogP contribution in [0.1, 0.15) is 45.5 Å². The lowest BCUT2D eigenvalue weighted by Gasteiger charge is -2.19. The lowest BCUT2D eigenvalue weighted by atomic mass is 10.1. The van der Waals surface area contributed by atoms with Crippen molar-refractivity contribution in [2.24, 2.45) is 5.73 Å². The number of ether oxygens (including phenoxy) is 1. The first-order valence-corrected chi connectivity index (χ1v) is 4.71. The Morgan fingerprint density at radius 2 is 2.21 bits per heavy atom. The van der Waals surface area contributed by atoms with E-state index in [-0.39, 0.29) is 6.04 Å². The van der Waals surface area contributed by atoms with Crippen molar-refractivity contribution in [3.8, 4) is 0 Å². The predicted molar refractivity (Wildman–Crippen MR) is 51.6 cm³/mol. The molecule has 80 valence electrons. The molecule has 0 aromatic carbocycles. The van der Waals surface area contributed by atoms with Gasteiger partial charge in [-0.25, -0.2) is 0 Å². The Kier molecular flexibility index (Phi) is 3.23. The summed E-state index contributed by atoms with van der Waals surface area (Å²) < 4.78 is 10.5. The summed E-state index contributed by atoms with van der Waals surface area (Å²) in [6.45, 7) is 8.12. The summed E-state index contributed by atoms with van der Waals surface area (Å²) in [5.74, 6) is 0.972. The summed E-state index contributed by atoms with van der Waals surface area (Å²) in [4.78, 5) is 4.17. The first-order valence-electron chi connectivity index (χ1n) is 4.71. The second-order valence-electron chi connectivity index (χ2n) is 3.69. The van der Waals surface area contributed by atoms with Crippen LogP contribution in [0.15, 0.2) is 4.52 Å². The molecule has 0 spiro atoms. The molecule has 14 heavy (non-hydrogen) atoms. The average Bonchev–Trinajstić information content (AvgIpc) is 2.51. The van der Waals surface area contributed by atoms with Crippen LogP contribution in [-0.4, -0.2) is 16.7 Å². The van der Waals surface area contributed by atoms with Gasteiger partial charge in [-0.3, -0.25) is 0 Å². The van der Waals surface area contributed by atoms with Gasteiger partial charge in [-0.05, 0) is 27.7 Å². The highest BCUT2D eigenvalue weighted by atomic mass is 16.5. The maximum Gasteiger partial charge on any atom is 0.243 e. The van der Waals surface area contributed by atoms with Gasteiger partial charge < -0.3 is 15.0 Å². The summed E-state index contributed by atoms with van der Waals surface area (Å²) in [5.41, 5.74) is 5.08. The second-order valence-corrected chi connectivity index (χ2v) is 3.69. The fourth-order valence-corrected chi connectivity index (χ4v) is 1.09. The molecule has 0 aliphatic carbocycles. The van der Waals surface area contributed by atoms with E-state index in [0.717, 1.165) is 0 Å². The van der Waals surface area contributed by atoms with Gasteiger partial charge in [0.15, 0.2) is 0 Å². The van der Waals surface area contributed by atoms with E-state index in [1.165, 1.54) is 0 Å². The quantitative estimate of drug-likeness (QED) is 0.792. The van der Waals surface area contributed by atoms with Gasteiger partial charge in [-0.15, -0.1) is 0 Å². The predicted octanol–water partition coefficient (Wildman–Crippen LogP) is 1.36. The van der Waals surface area contributed by atoms with Gasteiger partial charge >= 0.3 is 0 Å². The number of aromatic nitrogens is 2. The van der Waals surface area contributed by atoms with E-state index in [4.69, 9.17) is 15.0 Å². The van der Waals surface area contributed by atoms with Gasteiger partial charge in [0.2, 0.25) is 11.7 Å². The monoisotopic (exact) mass is 199 g/mol. The molecule has 1 rings (SSSR count). The minimum Gasteiger partial charge on any atom is -0.368 e. The molecule has 1 aromatic heterocycles. The normalized spacial score (nSPS) is 14.4. The highest BCUT2D eigenvalue weighted by Crippen LogP contribution is 2.22. The van der Waals surface area contributed by atoms with E-state index in [0.29, 0.717) is 18.3 Å². The van der Waals surface area contributed by atoms with E-state index in [1.807, 2.05) is 20.8 Å². The van der Waals surface area contributed by atoms with Crippen molar-refractivity contribution in [1.29, 1.82) is 0 Å². The summed E-state index contributed by atoms with van der Waals surface area (Å²) in [7, 11) is 0. The molecule has 1 heterocycles. The summed E-state index contributed by atoms with van der Waals surface area (Å²) in [6, 6.07) is -0.242. The Morgan fingerprint density at radius 1 is 1.57 bits per heavy atom. The molecule has 5 heteroatoms. The highest BCUT2D eigenvalue weighted by molar-refractivity contribution is 4.98. The van der Waals surface area contributed by atoms with Crippen molar-refractivity contribution in [3.05, 3.63) is 11.7 Å². The SMILES string of the molecule is CCOC(C)(C)c1noc([C@H](C)N)n1. The van der Waals surface area contributed by atoms with E-state index in [2.05, 4.69) is 10.1 Å². The molecular weight excluding hydrogens is 182 g/mol. The zero-order valence-corrected chi connectivity index (χ0v) is 9.07. The first-order chi connectivity index (χ1) is 6.47. The van der Waals surface area contributed by atoms with Gasteiger partial charge in [0.05, 0.1) is 6.04 Å². The maximum absolute atomic E-state index is 5.61. The summed E-state index contributed by atoms with van der Waals surface area (Å²) in [6.07, 6.45) is 0. The fourth-order valence-electron chi connectivity index (χ4n) is 1.09. The topological polar surface area (TPSA) is 74.2 Å². The van der Waals surface area contributed by atoms with Gasteiger partial charge in [0.25, 0.3) is 0 Å². The summed E-state index contributed by atoms with van der Waals surface area (Å²) >= 11 is 0. The van der Waals surface area contributed by atoms with Crippen LogP contribution in [0.5, 0.6) is 0 Å². The largest absolute Gasteiger partial charge is 0.368 e. The van der Waals surface area contributed by atoms with E-state index < -0.39 is 5.60 Å². The Hall–Kier alpha value is -0.940. The van der Waals surface area contributed by atoms with E-state index in [9.17, 15) is 0 Å². The van der Waals surface area contributed by atoms with Crippen LogP contribution >= 0.6 is 0 Å². The first kappa shape index (κ1) is 11.1. The van der Waals surface area contributed by atoms with Gasteiger partial charge in [-0.1, -0.05) is 5.16 Å². The molecule has 0 saturated heterocycles. The van der Waals surface area contributed by atoms with Crippen molar-refractivity contribution in [1.82, 2.24) is 10.1 Å². The van der Waals surface area contributed by atoms with Crippen molar-refractivity contribution in [2.75, 3.05) is 6.61 Å². The molecule has 2 N–H and O–H groups in total. The zero-order valence-electron chi connectivity index (χ0n) is 9.07. The molecule has 1 aromatic rings. The zero-order chi connectivity index (χ0) is 10.8. The third-order valence-corrected chi connectivity index (χ3v) is 1.87. The lowest BCUT2D eigenvalue weighted by Crippen LogP contribution is -2.23. The molecule has 0 saturated carbocycles. The Bertz CT molecular complexity index is 294. The van der Waals surface area contributed by atoms with Crippen molar-refractivity contribution < 1.29 is 9.26 Å². The second kappa shape index (κ2) is 4.06. The number of hydrogen-bond donors (Lipinski definition) is 1. The van der Waals surface area contributed by atoms with Crippen LogP contribution in [0, 0.1) is 0 Å². The Labute approximate surface area is 83.6 Å². The molecule has 1 atom stereocenters. The van der Waals surface area contributed by atoms with Gasteiger partial charge in [0, 0.05) is 6.61 Å². The molecule has 0 bridgehead atoms. The smallest absolute Gasteiger partial charge is 0.243 e. The summed E-state index contributed by atoms with van der Waals surface area (Å²) in [5, 5.41) is 3.84. The Balaban J connectivity index is 2.85. The van der Waals surface area contributed by atoms with Crippen LogP contribution in [0.2, 0.25) is 0 Å². The van der Waals surface area contributed by atoms with Gasteiger partial charge in [0.1, 0.15) is 5.60 Å². The van der Waals surface area contributed by atoms with Crippen molar-refractivity contribution >= 4 is 0 Å².